The molecule has 0 aliphatic heterocycles. The molecule has 0 spiro atoms. The molecule has 0 bridgehead atoms. The molecule has 0 radical (unpaired) electrons. The Balaban J connectivity index is 2.50. The highest BCUT2D eigenvalue weighted by Crippen LogP contribution is 2.45. The van der Waals surface area contributed by atoms with Gasteiger partial charge in [-0.3, -0.25) is 0 Å². The monoisotopic (exact) mass is 369 g/mol. The van der Waals surface area contributed by atoms with Gasteiger partial charge in [0.05, 0.1) is 28.4 Å². The predicted octanol–water partition coefficient (Wildman–Crippen LogP) is 4.65. The van der Waals surface area contributed by atoms with Crippen LogP contribution < -0.4 is 18.9 Å². The summed E-state index contributed by atoms with van der Waals surface area (Å²) in [6.45, 7) is 2.18. The Hall–Kier alpha value is -2.66. The van der Waals surface area contributed by atoms with E-state index >= 15 is 0 Å². The van der Waals surface area contributed by atoms with Gasteiger partial charge in [-0.05, 0) is 60.9 Å². The number of nitrogens with zero attached hydrogens (tertiary/aromatic N) is 1. The first-order valence-corrected chi connectivity index (χ1v) is 8.86. The summed E-state index contributed by atoms with van der Waals surface area (Å²) in [5.74, 6) is 2.83. The molecular weight excluding hydrogens is 342 g/mol. The van der Waals surface area contributed by atoms with Crippen molar-refractivity contribution in [1.29, 1.82) is 0 Å². The van der Waals surface area contributed by atoms with E-state index < -0.39 is 0 Å². The summed E-state index contributed by atoms with van der Waals surface area (Å²) in [6.07, 6.45) is 0. The molecule has 3 rings (SSSR count). The first-order valence-electron chi connectivity index (χ1n) is 8.86. The fourth-order valence-corrected chi connectivity index (χ4v) is 3.52. The van der Waals surface area contributed by atoms with Gasteiger partial charge < -0.3 is 23.8 Å². The molecule has 5 nitrogen and oxygen atoms in total. The zero-order chi connectivity index (χ0) is 19.7. The van der Waals surface area contributed by atoms with Crippen molar-refractivity contribution in [2.24, 2.45) is 0 Å². The first kappa shape index (κ1) is 19.1. The van der Waals surface area contributed by atoms with Crippen molar-refractivity contribution < 1.29 is 18.9 Å². The zero-order valence-corrected chi connectivity index (χ0v) is 17.0. The Morgan fingerprint density at radius 1 is 0.741 bits per heavy atom. The van der Waals surface area contributed by atoms with Gasteiger partial charge in [0, 0.05) is 11.4 Å². The van der Waals surface area contributed by atoms with Crippen LogP contribution in [0.15, 0.2) is 30.3 Å². The average molecular weight is 369 g/mol. The van der Waals surface area contributed by atoms with E-state index in [-0.39, 0.29) is 6.04 Å². The highest BCUT2D eigenvalue weighted by atomic mass is 16.5. The summed E-state index contributed by atoms with van der Waals surface area (Å²) >= 11 is 0. The Morgan fingerprint density at radius 2 is 1.37 bits per heavy atom. The third kappa shape index (κ3) is 3.12. The summed E-state index contributed by atoms with van der Waals surface area (Å²) < 4.78 is 22.4. The fourth-order valence-electron chi connectivity index (χ4n) is 3.52. The number of hydrogen-bond acceptors (Lipinski definition) is 5. The van der Waals surface area contributed by atoms with Crippen LogP contribution in [0.3, 0.4) is 0 Å². The Bertz CT molecular complexity index is 981. The largest absolute Gasteiger partial charge is 0.493 e. The number of hydrogen-bond donors (Lipinski definition) is 0. The second-order valence-electron chi connectivity index (χ2n) is 6.76. The second kappa shape index (κ2) is 7.53. The molecule has 0 aromatic heterocycles. The fraction of sp³-hybridized carbons (Fsp3) is 0.364. The quantitative estimate of drug-likeness (QED) is 0.592. The molecule has 3 aromatic rings. The standard InChI is InChI=1S/C22H27NO4/c1-13(23(2)3)16-11-20(26-6)22(27-7)21-15(16)9-8-14-10-18(24-4)19(25-5)12-17(14)21/h8-13H,1-7H3. The minimum atomic E-state index is 0.213. The SMILES string of the molecule is COc1cc2ccc3c(C(C)N(C)C)cc(OC)c(OC)c3c2cc1OC. The Kier molecular flexibility index (Phi) is 5.33. The van der Waals surface area contributed by atoms with Crippen LogP contribution in [0.25, 0.3) is 21.5 Å². The third-order valence-corrected chi connectivity index (χ3v) is 5.22. The molecule has 0 amide bonds. The maximum atomic E-state index is 5.77. The molecule has 1 atom stereocenters. The molecule has 0 fully saturated rings. The topological polar surface area (TPSA) is 40.2 Å². The van der Waals surface area contributed by atoms with Gasteiger partial charge in [-0.15, -0.1) is 0 Å². The number of rotatable bonds is 6. The number of benzene rings is 3. The van der Waals surface area contributed by atoms with Crippen molar-refractivity contribution in [2.75, 3.05) is 42.5 Å². The molecule has 0 N–H and O–H groups in total. The Labute approximate surface area is 160 Å². The van der Waals surface area contributed by atoms with Gasteiger partial charge in [0.1, 0.15) is 0 Å². The van der Waals surface area contributed by atoms with Crippen LogP contribution in [0.4, 0.5) is 0 Å². The van der Waals surface area contributed by atoms with Gasteiger partial charge in [-0.25, -0.2) is 0 Å². The minimum absolute atomic E-state index is 0.213. The van der Waals surface area contributed by atoms with E-state index in [1.165, 1.54) is 5.56 Å². The highest BCUT2D eigenvalue weighted by Gasteiger charge is 2.21. The van der Waals surface area contributed by atoms with Crippen LogP contribution in [-0.4, -0.2) is 47.4 Å². The highest BCUT2D eigenvalue weighted by molar-refractivity contribution is 6.13. The molecular formula is C22H27NO4. The maximum absolute atomic E-state index is 5.77. The van der Waals surface area contributed by atoms with E-state index in [0.717, 1.165) is 33.0 Å². The number of ether oxygens (including phenoxy) is 4. The van der Waals surface area contributed by atoms with Gasteiger partial charge in [0.25, 0.3) is 0 Å². The molecule has 0 heterocycles. The smallest absolute Gasteiger partial charge is 0.169 e. The summed E-state index contributed by atoms with van der Waals surface area (Å²) in [5.41, 5.74) is 1.18. The molecule has 0 saturated carbocycles. The molecule has 1 unspecified atom stereocenters. The van der Waals surface area contributed by atoms with Gasteiger partial charge in [-0.1, -0.05) is 12.1 Å². The lowest BCUT2D eigenvalue weighted by molar-refractivity contribution is 0.319. The number of methoxy groups -OCH3 is 4. The molecule has 0 saturated heterocycles. The molecule has 144 valence electrons. The molecule has 3 aromatic carbocycles. The van der Waals surface area contributed by atoms with Gasteiger partial charge >= 0.3 is 0 Å². The normalized spacial score (nSPS) is 12.4. The zero-order valence-electron chi connectivity index (χ0n) is 17.0. The van der Waals surface area contributed by atoms with E-state index in [1.807, 2.05) is 12.1 Å². The lowest BCUT2D eigenvalue weighted by atomic mass is 9.93. The van der Waals surface area contributed by atoms with E-state index in [0.29, 0.717) is 11.5 Å². The van der Waals surface area contributed by atoms with Crippen LogP contribution in [0.2, 0.25) is 0 Å². The van der Waals surface area contributed by atoms with Gasteiger partial charge in [0.2, 0.25) is 0 Å². The van der Waals surface area contributed by atoms with Crippen LogP contribution in [0, 0.1) is 0 Å². The summed E-state index contributed by atoms with van der Waals surface area (Å²) in [6, 6.07) is 10.5. The molecule has 5 heteroatoms. The third-order valence-electron chi connectivity index (χ3n) is 5.22. The van der Waals surface area contributed by atoms with Gasteiger partial charge in [0.15, 0.2) is 23.0 Å². The molecule has 0 aliphatic carbocycles. The maximum Gasteiger partial charge on any atom is 0.169 e. The second-order valence-corrected chi connectivity index (χ2v) is 6.76. The van der Waals surface area contributed by atoms with Crippen molar-refractivity contribution in [3.63, 3.8) is 0 Å². The van der Waals surface area contributed by atoms with Gasteiger partial charge in [-0.2, -0.15) is 0 Å². The summed E-state index contributed by atoms with van der Waals surface area (Å²) in [5, 5.41) is 4.23. The van der Waals surface area contributed by atoms with Crippen LogP contribution >= 0.6 is 0 Å². The molecule has 0 aliphatic rings. The average Bonchev–Trinajstić information content (AvgIpc) is 2.70. The van der Waals surface area contributed by atoms with Crippen molar-refractivity contribution in [1.82, 2.24) is 4.90 Å². The van der Waals surface area contributed by atoms with E-state index in [1.54, 1.807) is 28.4 Å². The summed E-state index contributed by atoms with van der Waals surface area (Å²) in [7, 11) is 10.8. The van der Waals surface area contributed by atoms with Crippen LogP contribution in [0.5, 0.6) is 23.0 Å². The van der Waals surface area contributed by atoms with Crippen molar-refractivity contribution in [3.05, 3.63) is 35.9 Å². The summed E-state index contributed by atoms with van der Waals surface area (Å²) in [4.78, 5) is 2.18. The van der Waals surface area contributed by atoms with Crippen LogP contribution in [-0.2, 0) is 0 Å². The molecule has 27 heavy (non-hydrogen) atoms. The lowest BCUT2D eigenvalue weighted by Crippen LogP contribution is -2.17. The number of fused-ring (bicyclic) bond motifs is 3. The first-order chi connectivity index (χ1) is 13.0. The van der Waals surface area contributed by atoms with Crippen molar-refractivity contribution >= 4 is 21.5 Å². The van der Waals surface area contributed by atoms with E-state index in [4.69, 9.17) is 18.9 Å². The van der Waals surface area contributed by atoms with Crippen molar-refractivity contribution in [3.8, 4) is 23.0 Å². The predicted molar refractivity (Wildman–Crippen MR) is 110 cm³/mol. The van der Waals surface area contributed by atoms with E-state index in [2.05, 4.69) is 44.1 Å². The van der Waals surface area contributed by atoms with E-state index in [9.17, 15) is 0 Å². The minimum Gasteiger partial charge on any atom is -0.493 e. The van der Waals surface area contributed by atoms with Crippen molar-refractivity contribution in [2.45, 2.75) is 13.0 Å². The Morgan fingerprint density at radius 3 is 1.93 bits per heavy atom. The van der Waals surface area contributed by atoms with Crippen LogP contribution in [0.1, 0.15) is 18.5 Å². The lowest BCUT2D eigenvalue weighted by Gasteiger charge is -2.24.